The van der Waals surface area contributed by atoms with Crippen molar-refractivity contribution in [1.29, 1.82) is 0 Å². The van der Waals surface area contributed by atoms with Crippen molar-refractivity contribution in [2.45, 2.75) is 44.6 Å². The van der Waals surface area contributed by atoms with Crippen LogP contribution in [-0.2, 0) is 33.3 Å². The van der Waals surface area contributed by atoms with Gasteiger partial charge in [0.2, 0.25) is 6.29 Å². The summed E-state index contributed by atoms with van der Waals surface area (Å²) < 4.78 is 20.2. The van der Waals surface area contributed by atoms with Crippen LogP contribution < -0.4 is 11.1 Å². The number of hydrogen-bond donors (Lipinski definition) is 3. The summed E-state index contributed by atoms with van der Waals surface area (Å²) in [7, 11) is 2.95. The van der Waals surface area contributed by atoms with Gasteiger partial charge in [-0.25, -0.2) is 19.4 Å². The number of ether oxygens (including phenoxy) is 4. The molecule has 40 heavy (non-hydrogen) atoms. The lowest BCUT2D eigenvalue weighted by molar-refractivity contribution is -0.169. The molecular weight excluding hydrogens is 572 g/mol. The van der Waals surface area contributed by atoms with E-state index in [0.29, 0.717) is 0 Å². The van der Waals surface area contributed by atoms with E-state index in [0.717, 1.165) is 16.2 Å². The first-order valence-electron chi connectivity index (χ1n) is 11.7. The first kappa shape index (κ1) is 30.5. The average Bonchev–Trinajstić information content (AvgIpc) is 3.30. The number of thioether (sulfide) groups is 1. The molecule has 0 aliphatic carbocycles. The minimum absolute atomic E-state index is 0.0153. The number of carbonyl (C=O) groups is 5. The van der Waals surface area contributed by atoms with E-state index >= 15 is 0 Å². The van der Waals surface area contributed by atoms with Crippen LogP contribution >= 0.6 is 23.1 Å². The fraction of sp³-hybridized carbons (Fsp3) is 0.500. The summed E-state index contributed by atoms with van der Waals surface area (Å²) in [5.41, 5.74) is 5.17. The zero-order valence-corrected chi connectivity index (χ0v) is 23.7. The zero-order valence-electron chi connectivity index (χ0n) is 22.1. The molecule has 3 heterocycles. The summed E-state index contributed by atoms with van der Waals surface area (Å²) in [5, 5.41) is 15.6. The molecule has 1 aromatic heterocycles. The number of carbonyl (C=O) groups excluding carboxylic acids is 5. The molecule has 0 aromatic carbocycles. The van der Waals surface area contributed by atoms with Crippen LogP contribution in [0.5, 0.6) is 0 Å². The van der Waals surface area contributed by atoms with E-state index in [4.69, 9.17) is 24.7 Å². The Labute approximate surface area is 236 Å². The number of anilines is 1. The number of aromatic nitrogens is 1. The van der Waals surface area contributed by atoms with E-state index in [1.54, 1.807) is 13.8 Å². The third-order valence-electron chi connectivity index (χ3n) is 5.21. The van der Waals surface area contributed by atoms with E-state index < -0.39 is 59.6 Å². The van der Waals surface area contributed by atoms with E-state index in [9.17, 15) is 29.2 Å². The highest BCUT2D eigenvalue weighted by Gasteiger charge is 2.55. The topological polar surface area (TPSA) is 212 Å². The van der Waals surface area contributed by atoms with Gasteiger partial charge in [-0.3, -0.25) is 14.5 Å². The second-order valence-corrected chi connectivity index (χ2v) is 10.8. The highest BCUT2D eigenvalue weighted by atomic mass is 32.2. The minimum Gasteiger partial charge on any atom is -0.445 e. The van der Waals surface area contributed by atoms with Gasteiger partial charge in [-0.1, -0.05) is 5.16 Å². The summed E-state index contributed by atoms with van der Waals surface area (Å²) in [6.45, 7) is 4.16. The third-order valence-corrected chi connectivity index (χ3v) is 7.22. The smallest absolute Gasteiger partial charge is 0.445 e. The van der Waals surface area contributed by atoms with Gasteiger partial charge >= 0.3 is 18.2 Å². The van der Waals surface area contributed by atoms with E-state index in [-0.39, 0.29) is 34.5 Å². The Morgan fingerprint density at radius 2 is 1.95 bits per heavy atom. The molecule has 1 saturated heterocycles. The van der Waals surface area contributed by atoms with Crippen molar-refractivity contribution in [2.24, 2.45) is 5.16 Å². The predicted molar refractivity (Wildman–Crippen MR) is 140 cm³/mol. The summed E-state index contributed by atoms with van der Waals surface area (Å²) in [6, 6.07) is -1.10. The van der Waals surface area contributed by atoms with Gasteiger partial charge in [-0.05, 0) is 13.8 Å². The number of thiazole rings is 1. The van der Waals surface area contributed by atoms with Crippen LogP contribution in [0.25, 0.3) is 0 Å². The highest BCUT2D eigenvalue weighted by Crippen LogP contribution is 2.41. The number of amides is 3. The number of nitrogen functional groups attached to an aromatic ring is 1. The number of nitrogens with one attached hydrogen (secondary N) is 1. The molecule has 0 radical (unpaired) electrons. The molecule has 18 heteroatoms. The van der Waals surface area contributed by atoms with Crippen molar-refractivity contribution in [3.8, 4) is 0 Å². The third kappa shape index (κ3) is 6.92. The molecular formula is C22H28N6O10S2. The molecule has 1 fully saturated rings. The fourth-order valence-electron chi connectivity index (χ4n) is 3.47. The molecule has 2 aliphatic rings. The largest absolute Gasteiger partial charge is 0.511 e. The fourth-order valence-corrected chi connectivity index (χ4v) is 5.34. The van der Waals surface area contributed by atoms with Crippen LogP contribution in [-0.4, -0.2) is 106 Å². The van der Waals surface area contributed by atoms with Crippen LogP contribution in [0.1, 0.15) is 26.5 Å². The Kier molecular flexibility index (Phi) is 9.80. The van der Waals surface area contributed by atoms with Crippen molar-refractivity contribution >= 4 is 64.0 Å². The molecule has 16 nitrogen and oxygen atoms in total. The Bertz CT molecular complexity index is 1250. The SMILES string of the molecule is CC(C)OC(=O)OC(C)OC(=O)C1=C(COC(=O)N(C)C)CS[C@@H]2C(NC(=O)/C(=N/O)c3csc(N)n3)C(=O)N12. The highest BCUT2D eigenvalue weighted by molar-refractivity contribution is 8.00. The number of nitrogens with zero attached hydrogens (tertiary/aromatic N) is 4. The van der Waals surface area contributed by atoms with E-state index in [1.807, 2.05) is 0 Å². The molecule has 2 aliphatic heterocycles. The van der Waals surface area contributed by atoms with Crippen LogP contribution in [0, 0.1) is 0 Å². The first-order valence-corrected chi connectivity index (χ1v) is 13.6. The first-order chi connectivity index (χ1) is 18.8. The molecule has 0 spiro atoms. The van der Waals surface area contributed by atoms with Crippen molar-refractivity contribution in [3.63, 3.8) is 0 Å². The maximum Gasteiger partial charge on any atom is 0.511 e. The summed E-state index contributed by atoms with van der Waals surface area (Å²) in [4.78, 5) is 69.1. The Balaban J connectivity index is 1.79. The van der Waals surface area contributed by atoms with Crippen molar-refractivity contribution < 1.29 is 48.1 Å². The molecule has 3 amide bonds. The van der Waals surface area contributed by atoms with E-state index in [1.165, 1.54) is 43.1 Å². The zero-order chi connectivity index (χ0) is 29.7. The molecule has 3 atom stereocenters. The standard InChI is InChI=1S/C22H28N6O10S2/c1-9(2)36-22(33)38-10(3)37-19(31)15-11(6-35-21(32)27(4)5)7-39-18-14(17(30)28(15)18)25-16(29)13(26-34)12-8-40-20(23)24-12/h8-10,14,18,34H,6-7H2,1-5H3,(H2,23,24)(H,25,29)/b26-13+/t10?,14?,18-/m1/s1. The predicted octanol–water partition coefficient (Wildman–Crippen LogP) is 0.707. The van der Waals surface area contributed by atoms with Crippen molar-refractivity contribution in [1.82, 2.24) is 20.1 Å². The summed E-state index contributed by atoms with van der Waals surface area (Å²) >= 11 is 2.22. The lowest BCUT2D eigenvalue weighted by Gasteiger charge is -2.49. The van der Waals surface area contributed by atoms with Gasteiger partial charge in [-0.2, -0.15) is 0 Å². The van der Waals surface area contributed by atoms with Gasteiger partial charge < -0.3 is 40.1 Å². The second-order valence-electron chi connectivity index (χ2n) is 8.79. The van der Waals surface area contributed by atoms with Gasteiger partial charge in [0.05, 0.1) is 6.10 Å². The summed E-state index contributed by atoms with van der Waals surface area (Å²) in [5.74, 6) is -2.48. The Morgan fingerprint density at radius 3 is 2.52 bits per heavy atom. The van der Waals surface area contributed by atoms with Gasteiger partial charge in [-0.15, -0.1) is 23.1 Å². The monoisotopic (exact) mass is 600 g/mol. The molecule has 0 saturated carbocycles. The number of oxime groups is 1. The van der Waals surface area contributed by atoms with Crippen LogP contribution in [0.2, 0.25) is 0 Å². The van der Waals surface area contributed by atoms with Gasteiger partial charge in [0.15, 0.2) is 10.8 Å². The number of β-lactam (4-membered cyclic amide) rings is 1. The number of nitrogens with two attached hydrogens (primary N) is 1. The number of fused-ring (bicyclic) bond motifs is 1. The number of rotatable bonds is 9. The minimum atomic E-state index is -1.38. The maximum absolute atomic E-state index is 13.2. The van der Waals surface area contributed by atoms with Crippen molar-refractivity contribution in [2.75, 3.05) is 32.2 Å². The average molecular weight is 601 g/mol. The molecule has 2 unspecified atom stereocenters. The molecule has 0 bridgehead atoms. The van der Waals surface area contributed by atoms with Crippen LogP contribution in [0.4, 0.5) is 14.7 Å². The van der Waals surface area contributed by atoms with Gasteiger partial charge in [0.1, 0.15) is 29.4 Å². The van der Waals surface area contributed by atoms with Crippen molar-refractivity contribution in [3.05, 3.63) is 22.3 Å². The van der Waals surface area contributed by atoms with Gasteiger partial charge in [0.25, 0.3) is 11.8 Å². The van der Waals surface area contributed by atoms with Gasteiger partial charge in [0, 0.05) is 37.7 Å². The Hall–Kier alpha value is -4.06. The lowest BCUT2D eigenvalue weighted by Crippen LogP contribution is -2.71. The second kappa shape index (κ2) is 12.9. The van der Waals surface area contributed by atoms with Crippen LogP contribution in [0.15, 0.2) is 21.8 Å². The quantitative estimate of drug-likeness (QED) is 0.0678. The molecule has 218 valence electrons. The molecule has 1 aromatic rings. The molecule has 4 N–H and O–H groups in total. The molecule has 3 rings (SSSR count). The number of hydrogen-bond acceptors (Lipinski definition) is 15. The Morgan fingerprint density at radius 1 is 1.25 bits per heavy atom. The van der Waals surface area contributed by atoms with Crippen LogP contribution in [0.3, 0.4) is 0 Å². The normalized spacial score (nSPS) is 19.3. The summed E-state index contributed by atoms with van der Waals surface area (Å²) in [6.07, 6.45) is -3.60. The maximum atomic E-state index is 13.2. The van der Waals surface area contributed by atoms with E-state index in [2.05, 4.69) is 15.5 Å². The lowest BCUT2D eigenvalue weighted by atomic mass is 10.0. The number of esters is 1.